The van der Waals surface area contributed by atoms with Gasteiger partial charge in [-0.1, -0.05) is 34.8 Å². The van der Waals surface area contributed by atoms with Crippen LogP contribution in [-0.4, -0.2) is 42.2 Å². The Morgan fingerprint density at radius 3 is 2.18 bits per heavy atom. The molecule has 0 radical (unpaired) electrons. The van der Waals surface area contributed by atoms with Crippen molar-refractivity contribution in [2.75, 3.05) is 26.2 Å². The molecule has 0 spiro atoms. The van der Waals surface area contributed by atoms with Crippen molar-refractivity contribution < 1.29 is 13.2 Å². The molecule has 0 amide bonds. The summed E-state index contributed by atoms with van der Waals surface area (Å²) < 4.78 is 40.3. The minimum Gasteiger partial charge on any atom is -0.314 e. The molecule has 0 bridgehead atoms. The molecule has 2 rings (SSSR count). The zero-order chi connectivity index (χ0) is 14.9. The van der Waals surface area contributed by atoms with Crippen LogP contribution in [0, 0.1) is 0 Å². The normalized spacial score (nSPS) is 17.4. The molecule has 2 heterocycles. The third-order valence-corrected chi connectivity index (χ3v) is 4.13. The van der Waals surface area contributed by atoms with Crippen LogP contribution in [0.3, 0.4) is 0 Å². The third kappa shape index (κ3) is 4.90. The SMILES string of the molecule is Cl.Cl.FC(F)(F)[C@@H](c1c(Cl)cnc(Cl)c1Cl)N1CCNCC1. The predicted octanol–water partition coefficient (Wildman–Crippen LogP) is 4.39. The smallest absolute Gasteiger partial charge is 0.314 e. The Morgan fingerprint density at radius 1 is 1.14 bits per heavy atom. The standard InChI is InChI=1S/C11H11Cl3F3N3.2ClH/c12-6-5-19-10(14)8(13)7(6)9(11(15,16)17)20-3-1-18-2-4-20;;/h5,9,18H,1-4H2;2*1H/t9-;;/m1../s1. The molecule has 11 heteroatoms. The van der Waals surface area contributed by atoms with E-state index in [1.807, 2.05) is 0 Å². The van der Waals surface area contributed by atoms with Crippen LogP contribution in [-0.2, 0) is 0 Å². The van der Waals surface area contributed by atoms with E-state index < -0.39 is 12.2 Å². The van der Waals surface area contributed by atoms with Gasteiger partial charge in [-0.3, -0.25) is 4.90 Å². The molecule has 0 unspecified atom stereocenters. The van der Waals surface area contributed by atoms with E-state index >= 15 is 0 Å². The Morgan fingerprint density at radius 2 is 1.68 bits per heavy atom. The molecule has 22 heavy (non-hydrogen) atoms. The highest BCUT2D eigenvalue weighted by atomic mass is 35.5. The van der Waals surface area contributed by atoms with Crippen molar-refractivity contribution in [3.05, 3.63) is 27.0 Å². The first-order chi connectivity index (χ1) is 9.32. The van der Waals surface area contributed by atoms with Crippen LogP contribution in [0.5, 0.6) is 0 Å². The van der Waals surface area contributed by atoms with Crippen molar-refractivity contribution in [1.29, 1.82) is 0 Å². The number of pyridine rings is 1. The van der Waals surface area contributed by atoms with Crippen LogP contribution >= 0.6 is 59.6 Å². The van der Waals surface area contributed by atoms with Crippen molar-refractivity contribution in [2.24, 2.45) is 0 Å². The van der Waals surface area contributed by atoms with Crippen LogP contribution in [0.2, 0.25) is 15.2 Å². The summed E-state index contributed by atoms with van der Waals surface area (Å²) in [4.78, 5) is 4.94. The van der Waals surface area contributed by atoms with E-state index in [-0.39, 0.29) is 58.7 Å². The third-order valence-electron chi connectivity index (χ3n) is 3.07. The van der Waals surface area contributed by atoms with Crippen LogP contribution in [0.25, 0.3) is 0 Å². The fourth-order valence-corrected chi connectivity index (χ4v) is 2.90. The average Bonchev–Trinajstić information content (AvgIpc) is 2.39. The molecule has 1 atom stereocenters. The van der Waals surface area contributed by atoms with E-state index in [9.17, 15) is 13.2 Å². The van der Waals surface area contributed by atoms with E-state index in [1.165, 1.54) is 4.90 Å². The first-order valence-corrected chi connectivity index (χ1v) is 6.96. The summed E-state index contributed by atoms with van der Waals surface area (Å²) in [7, 11) is 0. The molecule has 1 aliphatic heterocycles. The average molecular weight is 422 g/mol. The molecule has 0 aliphatic carbocycles. The topological polar surface area (TPSA) is 28.2 Å². The van der Waals surface area contributed by atoms with Gasteiger partial charge in [-0.15, -0.1) is 24.8 Å². The fourth-order valence-electron chi connectivity index (χ4n) is 2.20. The highest BCUT2D eigenvalue weighted by molar-refractivity contribution is 6.43. The summed E-state index contributed by atoms with van der Waals surface area (Å²) in [6.07, 6.45) is -3.42. The monoisotopic (exact) mass is 419 g/mol. The van der Waals surface area contributed by atoms with E-state index in [1.54, 1.807) is 0 Å². The molecular weight excluding hydrogens is 408 g/mol. The van der Waals surface area contributed by atoms with Gasteiger partial charge < -0.3 is 5.32 Å². The maximum Gasteiger partial charge on any atom is 0.408 e. The van der Waals surface area contributed by atoms with Gasteiger partial charge in [0.1, 0.15) is 11.2 Å². The molecule has 1 saturated heterocycles. The van der Waals surface area contributed by atoms with Crippen molar-refractivity contribution in [2.45, 2.75) is 12.2 Å². The van der Waals surface area contributed by atoms with Gasteiger partial charge >= 0.3 is 6.18 Å². The number of halogens is 8. The van der Waals surface area contributed by atoms with Crippen LogP contribution in [0.4, 0.5) is 13.2 Å². The summed E-state index contributed by atoms with van der Waals surface area (Å²) in [5.74, 6) is 0. The molecule has 1 aliphatic rings. The molecule has 0 aromatic carbocycles. The molecule has 0 saturated carbocycles. The van der Waals surface area contributed by atoms with Crippen molar-refractivity contribution in [1.82, 2.24) is 15.2 Å². The minimum absolute atomic E-state index is 0. The Hall–Kier alpha value is 0.310. The summed E-state index contributed by atoms with van der Waals surface area (Å²) in [6.45, 7) is 1.44. The quantitative estimate of drug-likeness (QED) is 0.718. The number of hydrogen-bond acceptors (Lipinski definition) is 3. The van der Waals surface area contributed by atoms with Crippen molar-refractivity contribution >= 4 is 59.6 Å². The number of nitrogens with one attached hydrogen (secondary N) is 1. The second-order valence-corrected chi connectivity index (χ2v) is 5.50. The Balaban J connectivity index is 0.00000220. The van der Waals surface area contributed by atoms with Crippen molar-refractivity contribution in [3.8, 4) is 0 Å². The molecular formula is C11H13Cl5F3N3. The van der Waals surface area contributed by atoms with Gasteiger partial charge in [0.15, 0.2) is 0 Å². The summed E-state index contributed by atoms with van der Waals surface area (Å²) in [5, 5.41) is 2.43. The Labute approximate surface area is 153 Å². The van der Waals surface area contributed by atoms with E-state index in [0.29, 0.717) is 13.1 Å². The van der Waals surface area contributed by atoms with Gasteiger partial charge in [-0.05, 0) is 0 Å². The van der Waals surface area contributed by atoms with Gasteiger partial charge in [0.05, 0.1) is 10.0 Å². The molecule has 1 aromatic rings. The second kappa shape index (κ2) is 8.97. The van der Waals surface area contributed by atoms with E-state index in [0.717, 1.165) is 6.20 Å². The Bertz CT molecular complexity index is 495. The fraction of sp³-hybridized carbons (Fsp3) is 0.545. The summed E-state index contributed by atoms with van der Waals surface area (Å²) >= 11 is 17.5. The van der Waals surface area contributed by atoms with Gasteiger partial charge in [0, 0.05) is 37.9 Å². The van der Waals surface area contributed by atoms with Gasteiger partial charge in [0.2, 0.25) is 0 Å². The number of aromatic nitrogens is 1. The number of nitrogens with zero attached hydrogens (tertiary/aromatic N) is 2. The van der Waals surface area contributed by atoms with Crippen LogP contribution < -0.4 is 5.32 Å². The first kappa shape index (κ1) is 22.3. The molecule has 1 N–H and O–H groups in total. The van der Waals surface area contributed by atoms with Crippen molar-refractivity contribution in [3.63, 3.8) is 0 Å². The molecule has 3 nitrogen and oxygen atoms in total. The largest absolute Gasteiger partial charge is 0.408 e. The highest BCUT2D eigenvalue weighted by Gasteiger charge is 2.47. The first-order valence-electron chi connectivity index (χ1n) is 5.83. The minimum atomic E-state index is -4.50. The highest BCUT2D eigenvalue weighted by Crippen LogP contribution is 2.44. The number of hydrogen-bond donors (Lipinski definition) is 1. The molecule has 1 aromatic heterocycles. The number of alkyl halides is 3. The lowest BCUT2D eigenvalue weighted by molar-refractivity contribution is -0.187. The molecule has 1 fully saturated rings. The lowest BCUT2D eigenvalue weighted by Crippen LogP contribution is -2.49. The van der Waals surface area contributed by atoms with E-state index in [2.05, 4.69) is 10.3 Å². The van der Waals surface area contributed by atoms with Gasteiger partial charge in [-0.2, -0.15) is 13.2 Å². The number of rotatable bonds is 2. The predicted molar refractivity (Wildman–Crippen MR) is 87.0 cm³/mol. The van der Waals surface area contributed by atoms with Crippen LogP contribution in [0.15, 0.2) is 6.20 Å². The maximum atomic E-state index is 13.4. The summed E-state index contributed by atoms with van der Waals surface area (Å²) in [5.41, 5.74) is -0.234. The van der Waals surface area contributed by atoms with Gasteiger partial charge in [0.25, 0.3) is 0 Å². The maximum absolute atomic E-state index is 13.4. The second-order valence-electron chi connectivity index (χ2n) is 4.35. The zero-order valence-corrected chi connectivity index (χ0v) is 14.9. The number of piperazine rings is 1. The lowest BCUT2D eigenvalue weighted by Gasteiger charge is -2.36. The lowest BCUT2D eigenvalue weighted by atomic mass is 10.1. The zero-order valence-electron chi connectivity index (χ0n) is 11.0. The molecule has 128 valence electrons. The van der Waals surface area contributed by atoms with Crippen LogP contribution in [0.1, 0.15) is 11.6 Å². The summed E-state index contributed by atoms with van der Waals surface area (Å²) in [6, 6.07) is -1.88. The van der Waals surface area contributed by atoms with Gasteiger partial charge in [-0.25, -0.2) is 4.98 Å². The van der Waals surface area contributed by atoms with E-state index in [4.69, 9.17) is 34.8 Å². The Kier molecular flexibility index (Phi) is 9.09.